The van der Waals surface area contributed by atoms with Gasteiger partial charge in [-0.3, -0.25) is 47.9 Å². The molecular formula is C52H90N14O12. The summed E-state index contributed by atoms with van der Waals surface area (Å²) in [7, 11) is 0. The first-order valence-corrected chi connectivity index (χ1v) is 27.2. The van der Waals surface area contributed by atoms with Crippen molar-refractivity contribution in [3.8, 4) is 0 Å². The Morgan fingerprint density at radius 1 is 0.487 bits per heavy atom. The normalized spacial score (nSPS) is 16.8. The number of benzene rings is 1. The quantitative estimate of drug-likeness (QED) is 0.0307. The summed E-state index contributed by atoms with van der Waals surface area (Å²) in [5.41, 5.74) is 23.8. The second kappa shape index (κ2) is 36.0. The molecular weight excluding hydrogens is 1010 g/mol. The number of hydrogen-bond donors (Lipinski definition) is 16. The molecule has 1 saturated carbocycles. The van der Waals surface area contributed by atoms with Crippen molar-refractivity contribution in [1.82, 2.24) is 53.2 Å². The summed E-state index contributed by atoms with van der Waals surface area (Å²) >= 11 is 0. The average molecular weight is 1100 g/mol. The first-order valence-electron chi connectivity index (χ1n) is 27.2. The van der Waals surface area contributed by atoms with Gasteiger partial charge in [0.1, 0.15) is 60.5 Å². The van der Waals surface area contributed by atoms with Gasteiger partial charge in [-0.15, -0.1) is 0 Å². The van der Waals surface area contributed by atoms with Gasteiger partial charge in [0.25, 0.3) is 0 Å². The SMILES string of the molecule is CCNC(=O)[C@@H](NC(=O)[C@H](CCN)NC(=O)[C@H](CCCN)NC(=O)[C@H](CC(C)C)NC(=O)[C@@H](Cc1ccccc1)NC(=O)[C@H](CCN)NC(=O)[C@H](C)NC(=O)[C@H](CCN)NC(=O)[C@H](C)NC(=O)C(O)C1CCCCC1)C(C)O. The van der Waals surface area contributed by atoms with Gasteiger partial charge in [0, 0.05) is 13.0 Å². The zero-order valence-corrected chi connectivity index (χ0v) is 46.2. The molecule has 78 heavy (non-hydrogen) atoms. The maximum atomic E-state index is 14.4. The predicted molar refractivity (Wildman–Crippen MR) is 291 cm³/mol. The second-order valence-electron chi connectivity index (χ2n) is 20.3. The summed E-state index contributed by atoms with van der Waals surface area (Å²) in [6.45, 7) is 9.49. The first kappa shape index (κ1) is 67.8. The molecule has 0 radical (unpaired) electrons. The molecule has 26 heteroatoms. The van der Waals surface area contributed by atoms with Crippen molar-refractivity contribution in [1.29, 1.82) is 0 Å². The van der Waals surface area contributed by atoms with Crippen LogP contribution in [0.25, 0.3) is 0 Å². The minimum atomic E-state index is -1.35. The molecule has 0 spiro atoms. The van der Waals surface area contributed by atoms with Crippen LogP contribution in [0, 0.1) is 11.8 Å². The fraction of sp³-hybridized carbons (Fsp3) is 0.692. The standard InChI is InChI=1S/C52H90N14O12/c1-7-57-51(77)41(32(6)67)66-48(74)38(22-26-56)63-46(72)35(19-14-23-53)62-49(75)39(27-29(2)3)64-50(76)40(28-33-15-10-8-11-16-33)65-47(73)37(21-25-55)61-43(69)30(4)58-45(71)36(20-24-54)60-44(70)31(5)59-52(78)42(68)34-17-12-9-13-18-34/h8,10-11,15-16,29-32,34-42,67-68H,7,9,12-14,17-28,53-56H2,1-6H3,(H,57,77)(H,58,71)(H,59,78)(H,60,70)(H,61,69)(H,62,75)(H,63,72)(H,64,76)(H,65,73)(H,66,74)/t30-,31-,32?,35-,36-,37-,38-,39-,40+,41-,42?/m0/s1. The molecule has 10 amide bonds. The molecule has 0 heterocycles. The van der Waals surface area contributed by atoms with Gasteiger partial charge in [0.15, 0.2) is 0 Å². The minimum Gasteiger partial charge on any atom is -0.391 e. The third-order valence-corrected chi connectivity index (χ3v) is 13.1. The number of likely N-dealkylation sites (N-methyl/N-ethyl adjacent to an activating group) is 1. The summed E-state index contributed by atoms with van der Waals surface area (Å²) in [6, 6.07) is -2.87. The Balaban J connectivity index is 2.28. The Labute approximate surface area is 457 Å². The summed E-state index contributed by atoms with van der Waals surface area (Å²) in [6.07, 6.45) is 1.64. The number of rotatable bonds is 35. The molecule has 2 unspecified atom stereocenters. The van der Waals surface area contributed by atoms with Crippen molar-refractivity contribution < 1.29 is 58.2 Å². The summed E-state index contributed by atoms with van der Waals surface area (Å²) in [5, 5.41) is 46.6. The van der Waals surface area contributed by atoms with Crippen LogP contribution in [-0.2, 0) is 54.4 Å². The lowest BCUT2D eigenvalue weighted by atomic mass is 9.85. The number of aliphatic hydroxyl groups excluding tert-OH is 2. The largest absolute Gasteiger partial charge is 0.391 e. The molecule has 1 aliphatic rings. The van der Waals surface area contributed by atoms with Crippen LogP contribution in [0.1, 0.15) is 118 Å². The second-order valence-corrected chi connectivity index (χ2v) is 20.3. The molecule has 11 atom stereocenters. The van der Waals surface area contributed by atoms with E-state index >= 15 is 0 Å². The smallest absolute Gasteiger partial charge is 0.249 e. The van der Waals surface area contributed by atoms with E-state index in [1.807, 2.05) is 0 Å². The van der Waals surface area contributed by atoms with Crippen LogP contribution in [0.3, 0.4) is 0 Å². The lowest BCUT2D eigenvalue weighted by Gasteiger charge is -2.28. The van der Waals surface area contributed by atoms with Crippen LogP contribution in [0.15, 0.2) is 30.3 Å². The highest BCUT2D eigenvalue weighted by atomic mass is 16.3. The number of amides is 10. The minimum absolute atomic E-state index is 0.0174. The lowest BCUT2D eigenvalue weighted by Crippen LogP contribution is -2.61. The van der Waals surface area contributed by atoms with Gasteiger partial charge in [-0.1, -0.05) is 63.4 Å². The molecule has 0 bridgehead atoms. The number of nitrogens with one attached hydrogen (secondary N) is 10. The van der Waals surface area contributed by atoms with E-state index < -0.39 is 126 Å². The third kappa shape index (κ3) is 23.7. The maximum absolute atomic E-state index is 14.4. The Morgan fingerprint density at radius 3 is 1.36 bits per heavy atom. The van der Waals surface area contributed by atoms with Crippen LogP contribution in [0.5, 0.6) is 0 Å². The molecule has 2 rings (SSSR count). The summed E-state index contributed by atoms with van der Waals surface area (Å²) in [5.74, 6) is -8.10. The number of nitrogens with two attached hydrogens (primary N) is 4. The van der Waals surface area contributed by atoms with Crippen molar-refractivity contribution in [3.05, 3.63) is 35.9 Å². The van der Waals surface area contributed by atoms with Crippen LogP contribution in [-0.4, -0.2) is 169 Å². The summed E-state index contributed by atoms with van der Waals surface area (Å²) in [4.78, 5) is 136. The molecule has 20 N–H and O–H groups in total. The molecule has 26 nitrogen and oxygen atoms in total. The third-order valence-electron chi connectivity index (χ3n) is 13.1. The highest BCUT2D eigenvalue weighted by molar-refractivity contribution is 5.98. The van der Waals surface area contributed by atoms with Crippen molar-refractivity contribution in [3.63, 3.8) is 0 Å². The van der Waals surface area contributed by atoms with Crippen LogP contribution in [0.2, 0.25) is 0 Å². The maximum Gasteiger partial charge on any atom is 0.249 e. The van der Waals surface area contributed by atoms with E-state index in [4.69, 9.17) is 22.9 Å². The Morgan fingerprint density at radius 2 is 0.897 bits per heavy atom. The summed E-state index contributed by atoms with van der Waals surface area (Å²) < 4.78 is 0. The highest BCUT2D eigenvalue weighted by Crippen LogP contribution is 2.26. The van der Waals surface area contributed by atoms with E-state index in [-0.39, 0.29) is 89.5 Å². The molecule has 1 aliphatic carbocycles. The van der Waals surface area contributed by atoms with Gasteiger partial charge in [-0.05, 0) is 123 Å². The predicted octanol–water partition coefficient (Wildman–Crippen LogP) is -4.08. The zero-order chi connectivity index (χ0) is 58.5. The Bertz CT molecular complexity index is 2100. The van der Waals surface area contributed by atoms with Gasteiger partial charge in [-0.2, -0.15) is 0 Å². The Hall–Kier alpha value is -6.32. The highest BCUT2D eigenvalue weighted by Gasteiger charge is 2.36. The van der Waals surface area contributed by atoms with Gasteiger partial charge < -0.3 is 86.3 Å². The van der Waals surface area contributed by atoms with Gasteiger partial charge in [0.05, 0.1) is 6.10 Å². The molecule has 0 aromatic heterocycles. The van der Waals surface area contributed by atoms with Crippen molar-refractivity contribution in [2.75, 3.05) is 32.7 Å². The number of carbonyl (C=O) groups excluding carboxylic acids is 10. The molecule has 440 valence electrons. The average Bonchev–Trinajstić information content (AvgIpc) is 3.40. The number of hydrogen-bond acceptors (Lipinski definition) is 16. The molecule has 1 aromatic rings. The fourth-order valence-electron chi connectivity index (χ4n) is 8.69. The van der Waals surface area contributed by atoms with Crippen LogP contribution < -0.4 is 76.1 Å². The van der Waals surface area contributed by atoms with Crippen molar-refractivity contribution in [2.24, 2.45) is 34.8 Å². The molecule has 0 aliphatic heterocycles. The first-order chi connectivity index (χ1) is 37.0. The van der Waals surface area contributed by atoms with Gasteiger partial charge >= 0.3 is 0 Å². The van der Waals surface area contributed by atoms with E-state index in [1.165, 1.54) is 20.8 Å². The van der Waals surface area contributed by atoms with Gasteiger partial charge in [-0.25, -0.2) is 0 Å². The van der Waals surface area contributed by atoms with Crippen molar-refractivity contribution >= 4 is 59.1 Å². The number of aliphatic hydroxyl groups is 2. The lowest BCUT2D eigenvalue weighted by molar-refractivity contribution is -0.137. The monoisotopic (exact) mass is 1100 g/mol. The van der Waals surface area contributed by atoms with Gasteiger partial charge in [0.2, 0.25) is 59.1 Å². The van der Waals surface area contributed by atoms with E-state index in [0.29, 0.717) is 18.4 Å². The molecule has 1 fully saturated rings. The van der Waals surface area contributed by atoms with Crippen molar-refractivity contribution in [2.45, 2.75) is 185 Å². The Kier molecular flexibility index (Phi) is 31.3. The molecule has 1 aromatic carbocycles. The van der Waals surface area contributed by atoms with E-state index in [9.17, 15) is 58.2 Å². The fourth-order valence-corrected chi connectivity index (χ4v) is 8.69. The topological polar surface area (TPSA) is 436 Å². The van der Waals surface area contributed by atoms with Crippen LogP contribution in [0.4, 0.5) is 0 Å². The van der Waals surface area contributed by atoms with E-state index in [1.54, 1.807) is 51.1 Å². The van der Waals surface area contributed by atoms with E-state index in [2.05, 4.69) is 53.2 Å². The number of carbonyl (C=O) groups is 10. The van der Waals surface area contributed by atoms with E-state index in [0.717, 1.165) is 19.3 Å². The molecule has 0 saturated heterocycles. The zero-order valence-electron chi connectivity index (χ0n) is 46.2. The van der Waals surface area contributed by atoms with Crippen LogP contribution >= 0.6 is 0 Å².